The standard InChI is InChI=1S/C88H84F2N4/c1-83(2,3)55-37-45-69-65(49-55)66-50-56(84(4,5)6)38-46-70(66)91(69)81-77(53-33-41-59(89)42-34-53)79(87(13,14)93-73-29-21-17-25-61(73)62-26-18-22-30-74(62)93)82(92-71-47-39-57(85(7,8)9)51-67(71)68-52-58(86(10,11)12)40-48-72(68)92)80(78(81)54-35-43-60(90)44-36-54)88(15,16)94-75-31-23-19-27-63(75)64-28-20-24-32-76(64)94/h17-52H,1-16H3. The predicted octanol–water partition coefficient (Wildman–Crippen LogP) is 24.5. The molecule has 4 nitrogen and oxygen atoms in total. The molecule has 4 heterocycles. The second-order valence-corrected chi connectivity index (χ2v) is 31.7. The van der Waals surface area contributed by atoms with Gasteiger partial charge in [0.05, 0.1) is 44.5 Å². The number of benzene rings is 11. The van der Waals surface area contributed by atoms with Crippen molar-refractivity contribution in [1.82, 2.24) is 18.3 Å². The number of aromatic nitrogens is 4. The topological polar surface area (TPSA) is 19.7 Å². The van der Waals surface area contributed by atoms with Crippen LogP contribution in [0, 0.1) is 11.6 Å². The van der Waals surface area contributed by atoms with Crippen LogP contribution in [0.3, 0.4) is 0 Å². The Morgan fingerprint density at radius 3 is 0.745 bits per heavy atom. The van der Waals surface area contributed by atoms with Crippen molar-refractivity contribution >= 4 is 87.2 Å². The largest absolute Gasteiger partial charge is 0.331 e. The molecule has 0 radical (unpaired) electrons. The van der Waals surface area contributed by atoms with Gasteiger partial charge in [-0.3, -0.25) is 0 Å². The number of fused-ring (bicyclic) bond motifs is 12. The Kier molecular flexibility index (Phi) is 13.6. The molecule has 0 saturated heterocycles. The molecule has 6 heteroatoms. The molecular formula is C88H84F2N4. The van der Waals surface area contributed by atoms with Gasteiger partial charge in [-0.15, -0.1) is 0 Å². The van der Waals surface area contributed by atoms with E-state index in [0.29, 0.717) is 0 Å². The lowest BCUT2D eigenvalue weighted by Crippen LogP contribution is -2.36. The average Bonchev–Trinajstić information content (AvgIpc) is 1.28. The third kappa shape index (κ3) is 9.31. The van der Waals surface area contributed by atoms with Crippen LogP contribution in [0.4, 0.5) is 8.78 Å². The van der Waals surface area contributed by atoms with Crippen LogP contribution >= 0.6 is 0 Å². The van der Waals surface area contributed by atoms with Crippen LogP contribution in [0.5, 0.6) is 0 Å². The van der Waals surface area contributed by atoms with Crippen molar-refractivity contribution in [2.75, 3.05) is 0 Å². The Morgan fingerprint density at radius 2 is 0.489 bits per heavy atom. The molecule has 11 aromatic carbocycles. The molecular weight excluding hydrogens is 1150 g/mol. The molecule has 15 rings (SSSR count). The monoisotopic (exact) mass is 1230 g/mol. The van der Waals surface area contributed by atoms with E-state index in [1.54, 1.807) is 24.3 Å². The van der Waals surface area contributed by atoms with E-state index < -0.39 is 11.1 Å². The summed E-state index contributed by atoms with van der Waals surface area (Å²) in [5.74, 6) is -0.658. The lowest BCUT2D eigenvalue weighted by molar-refractivity contribution is 0.448. The summed E-state index contributed by atoms with van der Waals surface area (Å²) >= 11 is 0. The van der Waals surface area contributed by atoms with Crippen molar-refractivity contribution in [3.63, 3.8) is 0 Å². The smallest absolute Gasteiger partial charge is 0.123 e. The molecule has 94 heavy (non-hydrogen) atoms. The van der Waals surface area contributed by atoms with E-state index in [1.165, 1.54) is 22.3 Å². The van der Waals surface area contributed by atoms with E-state index in [0.717, 1.165) is 132 Å². The lowest BCUT2D eigenvalue weighted by Gasteiger charge is -2.42. The van der Waals surface area contributed by atoms with Crippen molar-refractivity contribution in [1.29, 1.82) is 0 Å². The molecule has 0 bridgehead atoms. The predicted molar refractivity (Wildman–Crippen MR) is 396 cm³/mol. The number of nitrogens with zero attached hydrogens (tertiary/aromatic N) is 4. The maximum absolute atomic E-state index is 16.4. The van der Waals surface area contributed by atoms with Gasteiger partial charge in [0, 0.05) is 87.4 Å². The molecule has 0 unspecified atom stereocenters. The minimum Gasteiger partial charge on any atom is -0.331 e. The zero-order valence-electron chi connectivity index (χ0n) is 57.3. The summed E-state index contributed by atoms with van der Waals surface area (Å²) in [7, 11) is 0. The van der Waals surface area contributed by atoms with E-state index in [4.69, 9.17) is 0 Å². The summed E-state index contributed by atoms with van der Waals surface area (Å²) in [4.78, 5) is 0. The summed E-state index contributed by atoms with van der Waals surface area (Å²) < 4.78 is 43.2. The van der Waals surface area contributed by atoms with Gasteiger partial charge in [-0.05, 0) is 180 Å². The first-order valence-corrected chi connectivity index (χ1v) is 33.5. The highest BCUT2D eigenvalue weighted by atomic mass is 19.1. The molecule has 0 fully saturated rings. The van der Waals surface area contributed by atoms with Crippen LogP contribution in [0.1, 0.15) is 144 Å². The quantitative estimate of drug-likeness (QED) is 0.144. The van der Waals surface area contributed by atoms with E-state index in [2.05, 4.69) is 299 Å². The molecule has 4 aromatic heterocycles. The second-order valence-electron chi connectivity index (χ2n) is 31.7. The van der Waals surface area contributed by atoms with Crippen molar-refractivity contribution < 1.29 is 8.78 Å². The van der Waals surface area contributed by atoms with Gasteiger partial charge >= 0.3 is 0 Å². The third-order valence-corrected chi connectivity index (χ3v) is 20.7. The summed E-state index contributed by atoms with van der Waals surface area (Å²) in [5.41, 5.74) is 18.3. The van der Waals surface area contributed by atoms with Gasteiger partial charge in [-0.1, -0.05) is 204 Å². The fourth-order valence-electron chi connectivity index (χ4n) is 15.8. The zero-order chi connectivity index (χ0) is 66.1. The molecule has 0 spiro atoms. The average molecular weight is 1240 g/mol. The Labute approximate surface area is 551 Å². The van der Waals surface area contributed by atoms with E-state index in [1.807, 2.05) is 24.3 Å². The minimum absolute atomic E-state index is 0.172. The molecule has 15 aromatic rings. The fraction of sp³-hybridized carbons (Fsp3) is 0.250. The molecule has 0 saturated carbocycles. The van der Waals surface area contributed by atoms with Crippen molar-refractivity contribution in [2.45, 2.75) is 144 Å². The number of halogens is 2. The molecule has 0 aliphatic carbocycles. The number of para-hydroxylation sites is 4. The first-order valence-electron chi connectivity index (χ1n) is 33.5. The van der Waals surface area contributed by atoms with Crippen LogP contribution in [0.2, 0.25) is 0 Å². The first-order chi connectivity index (χ1) is 44.5. The molecule has 470 valence electrons. The number of hydrogen-bond donors (Lipinski definition) is 0. The lowest BCUT2D eigenvalue weighted by atomic mass is 9.74. The Morgan fingerprint density at radius 1 is 0.245 bits per heavy atom. The van der Waals surface area contributed by atoms with Crippen LogP contribution in [-0.2, 0) is 32.7 Å². The van der Waals surface area contributed by atoms with Gasteiger partial charge in [0.1, 0.15) is 11.6 Å². The molecule has 0 aliphatic heterocycles. The summed E-state index contributed by atoms with van der Waals surface area (Å²) in [6.07, 6.45) is 0. The van der Waals surface area contributed by atoms with E-state index in [9.17, 15) is 0 Å². The van der Waals surface area contributed by atoms with Crippen molar-refractivity contribution in [3.8, 4) is 33.6 Å². The highest BCUT2D eigenvalue weighted by Gasteiger charge is 2.44. The minimum atomic E-state index is -0.985. The Bertz CT molecular complexity index is 5140. The van der Waals surface area contributed by atoms with Gasteiger partial charge in [-0.2, -0.15) is 0 Å². The van der Waals surface area contributed by atoms with Crippen molar-refractivity contribution in [3.05, 3.63) is 263 Å². The highest BCUT2D eigenvalue weighted by molar-refractivity contribution is 6.15. The third-order valence-electron chi connectivity index (χ3n) is 20.7. The van der Waals surface area contributed by atoms with E-state index in [-0.39, 0.29) is 33.3 Å². The molecule has 0 atom stereocenters. The van der Waals surface area contributed by atoms with Crippen LogP contribution < -0.4 is 0 Å². The zero-order valence-corrected chi connectivity index (χ0v) is 57.3. The molecule has 0 amide bonds. The van der Waals surface area contributed by atoms with Gasteiger partial charge in [0.15, 0.2) is 0 Å². The van der Waals surface area contributed by atoms with E-state index >= 15 is 8.78 Å². The van der Waals surface area contributed by atoms with Gasteiger partial charge in [-0.25, -0.2) is 8.78 Å². The first kappa shape index (κ1) is 60.7. The summed E-state index contributed by atoms with van der Waals surface area (Å²) in [6, 6.07) is 78.4. The normalized spacial score (nSPS) is 13.2. The van der Waals surface area contributed by atoms with Crippen LogP contribution in [0.25, 0.3) is 121 Å². The van der Waals surface area contributed by atoms with Gasteiger partial charge in [0.2, 0.25) is 0 Å². The Hall–Kier alpha value is -9.52. The highest BCUT2D eigenvalue weighted by Crippen LogP contribution is 2.58. The maximum Gasteiger partial charge on any atom is 0.123 e. The fourth-order valence-corrected chi connectivity index (χ4v) is 15.8. The van der Waals surface area contributed by atoms with Crippen LogP contribution in [0.15, 0.2) is 218 Å². The second kappa shape index (κ2) is 21.0. The number of rotatable bonds is 8. The Balaban J connectivity index is 1.31. The van der Waals surface area contributed by atoms with Crippen LogP contribution in [-0.4, -0.2) is 18.3 Å². The van der Waals surface area contributed by atoms with Crippen molar-refractivity contribution in [2.24, 2.45) is 0 Å². The SMILES string of the molecule is CC(C)(C)c1ccc2c(c1)c1cc(C(C)(C)C)ccc1n2-c1c(-c2ccc(F)cc2)c(C(C)(C)n2c3ccccc3c3ccccc32)c(-n2c3ccc(C(C)(C)C)cc3c3cc(C(C)(C)C)ccc32)c(C(C)(C)n2c3ccccc3c3ccccc32)c1-c1ccc(F)cc1. The van der Waals surface area contributed by atoms with Gasteiger partial charge < -0.3 is 18.3 Å². The molecule has 0 aliphatic rings. The molecule has 0 N–H and O–H groups in total. The van der Waals surface area contributed by atoms with Gasteiger partial charge in [0.25, 0.3) is 0 Å². The summed E-state index contributed by atoms with van der Waals surface area (Å²) in [5, 5.41) is 9.17. The maximum atomic E-state index is 16.4. The summed E-state index contributed by atoms with van der Waals surface area (Å²) in [6.45, 7) is 37.2. The number of hydrogen-bond acceptors (Lipinski definition) is 0.